The molecule has 0 aromatic carbocycles. The van der Waals surface area contributed by atoms with Crippen LogP contribution in [0.1, 0.15) is 23.3 Å². The van der Waals surface area contributed by atoms with Crippen molar-refractivity contribution in [2.75, 3.05) is 32.0 Å². The third-order valence-electron chi connectivity index (χ3n) is 3.30. The number of carboxylic acids is 1. The van der Waals surface area contributed by atoms with Gasteiger partial charge in [0.25, 0.3) is 0 Å². The number of anilines is 1. The van der Waals surface area contributed by atoms with Gasteiger partial charge >= 0.3 is 5.97 Å². The summed E-state index contributed by atoms with van der Waals surface area (Å²) in [6.45, 7) is 3.22. The molecule has 18 heavy (non-hydrogen) atoms. The van der Waals surface area contributed by atoms with Gasteiger partial charge in [0.2, 0.25) is 0 Å². The van der Waals surface area contributed by atoms with Gasteiger partial charge in [-0.2, -0.15) is 0 Å². The fourth-order valence-electron chi connectivity index (χ4n) is 2.33. The Bertz CT molecular complexity index is 405. The number of carbonyl (C=O) groups is 1. The first-order valence-electron chi connectivity index (χ1n) is 6.27. The summed E-state index contributed by atoms with van der Waals surface area (Å²) in [4.78, 5) is 16.9. The van der Waals surface area contributed by atoms with Gasteiger partial charge < -0.3 is 15.3 Å². The molecule has 1 aromatic heterocycles. The molecule has 0 spiro atoms. The highest BCUT2D eigenvalue weighted by Crippen LogP contribution is 2.16. The number of aromatic nitrogens is 1. The van der Waals surface area contributed by atoms with Crippen molar-refractivity contribution in [3.8, 4) is 0 Å². The predicted octanol–water partition coefficient (Wildman–Crippen LogP) is 1.53. The van der Waals surface area contributed by atoms with E-state index in [1.807, 2.05) is 0 Å². The van der Waals surface area contributed by atoms with E-state index in [-0.39, 0.29) is 5.69 Å². The van der Waals surface area contributed by atoms with Crippen LogP contribution >= 0.6 is 0 Å². The van der Waals surface area contributed by atoms with Gasteiger partial charge in [0, 0.05) is 13.1 Å². The van der Waals surface area contributed by atoms with Crippen molar-refractivity contribution < 1.29 is 9.90 Å². The highest BCUT2D eigenvalue weighted by molar-refractivity contribution is 5.85. The summed E-state index contributed by atoms with van der Waals surface area (Å²) in [6, 6.07) is 3.29. The van der Waals surface area contributed by atoms with Crippen molar-refractivity contribution in [1.82, 2.24) is 9.88 Å². The van der Waals surface area contributed by atoms with Crippen molar-refractivity contribution >= 4 is 11.7 Å². The van der Waals surface area contributed by atoms with Crippen LogP contribution in [0.3, 0.4) is 0 Å². The molecule has 1 fully saturated rings. The molecular weight excluding hydrogens is 230 g/mol. The Morgan fingerprint density at radius 3 is 3.06 bits per heavy atom. The molecule has 1 aliphatic heterocycles. The van der Waals surface area contributed by atoms with E-state index in [1.165, 1.54) is 25.5 Å². The minimum Gasteiger partial charge on any atom is -0.477 e. The zero-order valence-corrected chi connectivity index (χ0v) is 10.6. The number of aromatic carboxylic acids is 1. The quantitative estimate of drug-likeness (QED) is 0.847. The van der Waals surface area contributed by atoms with Crippen LogP contribution in [0, 0.1) is 5.92 Å². The van der Waals surface area contributed by atoms with E-state index >= 15 is 0 Å². The highest BCUT2D eigenvalue weighted by Gasteiger charge is 2.16. The Morgan fingerprint density at radius 2 is 2.44 bits per heavy atom. The Hall–Kier alpha value is -1.62. The second-order valence-electron chi connectivity index (χ2n) is 4.89. The number of piperidine rings is 1. The number of likely N-dealkylation sites (tertiary alicyclic amines) is 1. The van der Waals surface area contributed by atoms with Crippen LogP contribution in [0.5, 0.6) is 0 Å². The maximum absolute atomic E-state index is 10.7. The van der Waals surface area contributed by atoms with Gasteiger partial charge in [-0.25, -0.2) is 9.78 Å². The number of hydrogen-bond donors (Lipinski definition) is 2. The van der Waals surface area contributed by atoms with Crippen LogP contribution in [-0.2, 0) is 0 Å². The summed E-state index contributed by atoms with van der Waals surface area (Å²) in [5.74, 6) is -0.335. The molecule has 0 amide bonds. The minimum atomic E-state index is -0.990. The van der Waals surface area contributed by atoms with Crippen LogP contribution in [0.4, 0.5) is 5.69 Å². The zero-order valence-electron chi connectivity index (χ0n) is 10.6. The van der Waals surface area contributed by atoms with Gasteiger partial charge in [0.15, 0.2) is 0 Å². The summed E-state index contributed by atoms with van der Waals surface area (Å²) in [7, 11) is 2.15. The van der Waals surface area contributed by atoms with E-state index in [4.69, 9.17) is 5.11 Å². The largest absolute Gasteiger partial charge is 0.477 e. The smallest absolute Gasteiger partial charge is 0.354 e. The molecule has 1 atom stereocenters. The van der Waals surface area contributed by atoms with Crippen molar-refractivity contribution in [2.45, 2.75) is 12.8 Å². The SMILES string of the molecule is CN1CCCC(CNc2ccc(C(=O)O)nc2)C1. The molecule has 1 aliphatic rings. The first kappa shape index (κ1) is 12.8. The standard InChI is InChI=1S/C13H19N3O2/c1-16-6-2-3-10(9-16)7-14-11-4-5-12(13(17)18)15-8-11/h4-5,8,10,14H,2-3,6-7,9H2,1H3,(H,17,18). The van der Waals surface area contributed by atoms with E-state index in [2.05, 4.69) is 22.2 Å². The Balaban J connectivity index is 1.84. The molecule has 0 bridgehead atoms. The minimum absolute atomic E-state index is 0.0814. The molecule has 0 saturated carbocycles. The molecule has 5 heteroatoms. The number of nitrogens with one attached hydrogen (secondary N) is 1. The lowest BCUT2D eigenvalue weighted by molar-refractivity contribution is 0.0690. The molecule has 2 rings (SSSR count). The lowest BCUT2D eigenvalue weighted by atomic mass is 9.98. The molecule has 1 saturated heterocycles. The number of nitrogens with zero attached hydrogens (tertiary/aromatic N) is 2. The highest BCUT2D eigenvalue weighted by atomic mass is 16.4. The fourth-order valence-corrected chi connectivity index (χ4v) is 2.33. The van der Waals surface area contributed by atoms with Crippen LogP contribution < -0.4 is 5.32 Å². The molecule has 98 valence electrons. The summed E-state index contributed by atoms with van der Waals surface area (Å²) < 4.78 is 0. The number of hydrogen-bond acceptors (Lipinski definition) is 4. The molecule has 0 aliphatic carbocycles. The topological polar surface area (TPSA) is 65.5 Å². The number of carboxylic acid groups (broad SMARTS) is 1. The van der Waals surface area contributed by atoms with Crippen molar-refractivity contribution in [3.05, 3.63) is 24.0 Å². The summed E-state index contributed by atoms with van der Waals surface area (Å²) in [5.41, 5.74) is 0.964. The molecule has 2 N–H and O–H groups in total. The van der Waals surface area contributed by atoms with Crippen LogP contribution in [0.25, 0.3) is 0 Å². The van der Waals surface area contributed by atoms with E-state index in [1.54, 1.807) is 12.3 Å². The molecule has 1 unspecified atom stereocenters. The van der Waals surface area contributed by atoms with Crippen LogP contribution in [-0.4, -0.2) is 47.6 Å². The lowest BCUT2D eigenvalue weighted by Crippen LogP contribution is -2.35. The average molecular weight is 249 g/mol. The second-order valence-corrected chi connectivity index (χ2v) is 4.89. The number of pyridine rings is 1. The summed E-state index contributed by atoms with van der Waals surface area (Å²) >= 11 is 0. The second kappa shape index (κ2) is 5.82. The average Bonchev–Trinajstić information content (AvgIpc) is 2.37. The van der Waals surface area contributed by atoms with E-state index < -0.39 is 5.97 Å². The maximum atomic E-state index is 10.7. The molecular formula is C13H19N3O2. The molecule has 0 radical (unpaired) electrons. The van der Waals surface area contributed by atoms with E-state index in [0.717, 1.165) is 18.8 Å². The summed E-state index contributed by atoms with van der Waals surface area (Å²) in [5, 5.41) is 12.1. The lowest BCUT2D eigenvalue weighted by Gasteiger charge is -2.29. The van der Waals surface area contributed by atoms with Gasteiger partial charge in [0.1, 0.15) is 5.69 Å². The van der Waals surface area contributed by atoms with Crippen LogP contribution in [0.15, 0.2) is 18.3 Å². The molecule has 1 aromatic rings. The van der Waals surface area contributed by atoms with E-state index in [0.29, 0.717) is 5.92 Å². The van der Waals surface area contributed by atoms with Crippen molar-refractivity contribution in [1.29, 1.82) is 0 Å². The molecule has 2 heterocycles. The Kier molecular flexibility index (Phi) is 4.15. The number of rotatable bonds is 4. The van der Waals surface area contributed by atoms with Gasteiger partial charge in [-0.15, -0.1) is 0 Å². The summed E-state index contributed by atoms with van der Waals surface area (Å²) in [6.07, 6.45) is 4.08. The predicted molar refractivity (Wildman–Crippen MR) is 69.9 cm³/mol. The fraction of sp³-hybridized carbons (Fsp3) is 0.538. The van der Waals surface area contributed by atoms with Crippen molar-refractivity contribution in [2.24, 2.45) is 5.92 Å². The van der Waals surface area contributed by atoms with E-state index in [9.17, 15) is 4.79 Å². The third-order valence-corrected chi connectivity index (χ3v) is 3.30. The van der Waals surface area contributed by atoms with Gasteiger partial charge in [-0.05, 0) is 44.5 Å². The Labute approximate surface area is 107 Å². The normalized spacial score (nSPS) is 20.6. The van der Waals surface area contributed by atoms with Gasteiger partial charge in [-0.3, -0.25) is 0 Å². The first-order valence-corrected chi connectivity index (χ1v) is 6.27. The monoisotopic (exact) mass is 249 g/mol. The third kappa shape index (κ3) is 3.43. The van der Waals surface area contributed by atoms with Crippen molar-refractivity contribution in [3.63, 3.8) is 0 Å². The first-order chi connectivity index (χ1) is 8.65. The van der Waals surface area contributed by atoms with Gasteiger partial charge in [0.05, 0.1) is 11.9 Å². The molecule has 5 nitrogen and oxygen atoms in total. The van der Waals surface area contributed by atoms with Crippen LogP contribution in [0.2, 0.25) is 0 Å². The Morgan fingerprint density at radius 1 is 1.61 bits per heavy atom. The van der Waals surface area contributed by atoms with Gasteiger partial charge in [-0.1, -0.05) is 0 Å². The maximum Gasteiger partial charge on any atom is 0.354 e. The zero-order chi connectivity index (χ0) is 13.0.